The standard InChI is InChI=1S/C54H33ClN4/c55-52-48(56(34-14-3-1-4-15-34)36-28-30-40-44-22-11-20-42-38-18-7-9-24-46(38)58(53(42)44)50(40)32-36)26-13-27-49(52)57(35-16-5-2-6-17-35)37-29-31-41-45-23-12-21-43-39-19-8-10-25-47(39)59(54(43)45)51(41)33-37/h1-33H. The maximum Gasteiger partial charge on any atom is 0.0887 e. The predicted molar refractivity (Wildman–Crippen MR) is 250 cm³/mol. The van der Waals surface area contributed by atoms with Gasteiger partial charge in [0.1, 0.15) is 0 Å². The molecule has 0 aliphatic rings. The Kier molecular flexibility index (Phi) is 6.75. The lowest BCUT2D eigenvalue weighted by Crippen LogP contribution is -2.14. The third-order valence-electron chi connectivity index (χ3n) is 12.4. The molecule has 0 saturated carbocycles. The lowest BCUT2D eigenvalue weighted by molar-refractivity contribution is 1.25. The van der Waals surface area contributed by atoms with Crippen molar-refractivity contribution in [2.24, 2.45) is 0 Å². The first-order chi connectivity index (χ1) is 29.2. The van der Waals surface area contributed by atoms with E-state index in [1.54, 1.807) is 0 Å². The molecule has 0 unspecified atom stereocenters. The molecule has 4 nitrogen and oxygen atoms in total. The van der Waals surface area contributed by atoms with Crippen molar-refractivity contribution in [3.63, 3.8) is 0 Å². The van der Waals surface area contributed by atoms with Crippen LogP contribution in [-0.4, -0.2) is 8.80 Å². The molecular weight excluding hydrogens is 740 g/mol. The SMILES string of the molecule is Clc1c(N(c2ccccc2)c2ccc3c4cccc5c6ccccc6n(c3c2)c54)cccc1N(c1ccccc1)c1ccc2c3cccc4c5ccccc5n(c2c1)c43. The predicted octanol–water partition coefficient (Wildman–Crippen LogP) is 15.6. The van der Waals surface area contributed by atoms with E-state index in [4.69, 9.17) is 11.6 Å². The molecule has 0 amide bonds. The summed E-state index contributed by atoms with van der Waals surface area (Å²) < 4.78 is 4.87. The molecule has 4 heterocycles. The Bertz CT molecular complexity index is 3510. The topological polar surface area (TPSA) is 15.3 Å². The van der Waals surface area contributed by atoms with Crippen LogP contribution in [0, 0.1) is 0 Å². The minimum atomic E-state index is 0.649. The zero-order valence-corrected chi connectivity index (χ0v) is 32.5. The van der Waals surface area contributed by atoms with Crippen molar-refractivity contribution < 1.29 is 0 Å². The molecule has 0 bridgehead atoms. The molecule has 0 aliphatic carbocycles. The number of para-hydroxylation sites is 6. The molecule has 5 heteroatoms. The number of rotatable bonds is 6. The summed E-state index contributed by atoms with van der Waals surface area (Å²) in [6.45, 7) is 0. The van der Waals surface area contributed by atoms with Crippen LogP contribution in [0.4, 0.5) is 34.1 Å². The van der Waals surface area contributed by atoms with Crippen LogP contribution in [0.5, 0.6) is 0 Å². The van der Waals surface area contributed by atoms with Crippen molar-refractivity contribution in [1.29, 1.82) is 0 Å². The highest BCUT2D eigenvalue weighted by atomic mass is 35.5. The summed E-state index contributed by atoms with van der Waals surface area (Å²) in [4.78, 5) is 4.59. The Labute approximate surface area is 344 Å². The molecule has 0 saturated heterocycles. The fraction of sp³-hybridized carbons (Fsp3) is 0. The first-order valence-electron chi connectivity index (χ1n) is 20.1. The first-order valence-corrected chi connectivity index (χ1v) is 20.4. The highest BCUT2D eigenvalue weighted by molar-refractivity contribution is 6.37. The van der Waals surface area contributed by atoms with E-state index in [2.05, 4.69) is 219 Å². The maximum atomic E-state index is 7.84. The van der Waals surface area contributed by atoms with Gasteiger partial charge in [0, 0.05) is 65.8 Å². The van der Waals surface area contributed by atoms with Crippen LogP contribution in [0.15, 0.2) is 200 Å². The number of fused-ring (bicyclic) bond motifs is 12. The van der Waals surface area contributed by atoms with Gasteiger partial charge in [0.15, 0.2) is 0 Å². The molecule has 0 aliphatic heterocycles. The van der Waals surface area contributed by atoms with Gasteiger partial charge >= 0.3 is 0 Å². The summed E-state index contributed by atoms with van der Waals surface area (Å²) in [7, 11) is 0. The number of benzene rings is 9. The molecule has 0 spiro atoms. The van der Waals surface area contributed by atoms with Gasteiger partial charge in [0.05, 0.1) is 49.5 Å². The molecule has 13 aromatic rings. The molecule has 0 fully saturated rings. The summed E-state index contributed by atoms with van der Waals surface area (Å²) >= 11 is 7.84. The summed E-state index contributed by atoms with van der Waals surface area (Å²) in [6, 6.07) is 71.9. The molecule has 13 rings (SSSR count). The first kappa shape index (κ1) is 32.5. The molecule has 59 heavy (non-hydrogen) atoms. The summed E-state index contributed by atoms with van der Waals surface area (Å²) in [5, 5.41) is 10.7. The van der Waals surface area contributed by atoms with E-state index < -0.39 is 0 Å². The van der Waals surface area contributed by atoms with Gasteiger partial charge in [-0.3, -0.25) is 0 Å². The largest absolute Gasteiger partial charge is 0.309 e. The van der Waals surface area contributed by atoms with Crippen LogP contribution in [0.3, 0.4) is 0 Å². The van der Waals surface area contributed by atoms with Gasteiger partial charge in [-0.25, -0.2) is 0 Å². The average Bonchev–Trinajstić information content (AvgIpc) is 4.02. The highest BCUT2D eigenvalue weighted by Gasteiger charge is 2.25. The maximum absolute atomic E-state index is 7.84. The van der Waals surface area contributed by atoms with Gasteiger partial charge in [0.2, 0.25) is 0 Å². The summed E-state index contributed by atoms with van der Waals surface area (Å²) in [6.07, 6.45) is 0. The minimum Gasteiger partial charge on any atom is -0.309 e. The number of anilines is 6. The van der Waals surface area contributed by atoms with Crippen molar-refractivity contribution in [3.8, 4) is 0 Å². The molecule has 0 N–H and O–H groups in total. The Morgan fingerprint density at radius 1 is 0.288 bits per heavy atom. The second-order valence-corrected chi connectivity index (χ2v) is 15.8. The molecular formula is C54H33ClN4. The molecule has 0 radical (unpaired) electrons. The Morgan fingerprint density at radius 3 is 1.08 bits per heavy atom. The second-order valence-electron chi connectivity index (χ2n) is 15.5. The highest BCUT2D eigenvalue weighted by Crippen LogP contribution is 2.49. The van der Waals surface area contributed by atoms with Crippen molar-refractivity contribution in [3.05, 3.63) is 205 Å². The van der Waals surface area contributed by atoms with Gasteiger partial charge in [-0.1, -0.05) is 139 Å². The number of aromatic nitrogens is 2. The van der Waals surface area contributed by atoms with Crippen LogP contribution in [0.2, 0.25) is 5.02 Å². The van der Waals surface area contributed by atoms with E-state index in [1.165, 1.54) is 76.2 Å². The van der Waals surface area contributed by atoms with Crippen LogP contribution >= 0.6 is 11.6 Å². The summed E-state index contributed by atoms with van der Waals surface area (Å²) in [5.74, 6) is 0. The number of hydrogen-bond donors (Lipinski definition) is 0. The zero-order chi connectivity index (χ0) is 38.8. The van der Waals surface area contributed by atoms with Crippen LogP contribution < -0.4 is 9.80 Å². The van der Waals surface area contributed by atoms with E-state index in [-0.39, 0.29) is 0 Å². The average molecular weight is 773 g/mol. The van der Waals surface area contributed by atoms with Gasteiger partial charge in [-0.05, 0) is 72.8 Å². The lowest BCUT2D eigenvalue weighted by atomic mass is 10.1. The number of hydrogen-bond acceptors (Lipinski definition) is 2. The molecule has 9 aromatic carbocycles. The van der Waals surface area contributed by atoms with Crippen molar-refractivity contribution in [2.75, 3.05) is 9.80 Å². The fourth-order valence-corrected chi connectivity index (χ4v) is 10.3. The van der Waals surface area contributed by atoms with E-state index in [9.17, 15) is 0 Å². The van der Waals surface area contributed by atoms with Gasteiger partial charge in [0.25, 0.3) is 0 Å². The quantitative estimate of drug-likeness (QED) is 0.167. The number of halogens is 1. The molecule has 276 valence electrons. The number of nitrogens with zero attached hydrogens (tertiary/aromatic N) is 4. The van der Waals surface area contributed by atoms with Crippen molar-refractivity contribution in [2.45, 2.75) is 0 Å². The zero-order valence-electron chi connectivity index (χ0n) is 31.7. The van der Waals surface area contributed by atoms with E-state index in [0.29, 0.717) is 5.02 Å². The van der Waals surface area contributed by atoms with Gasteiger partial charge in [-0.15, -0.1) is 0 Å². The monoisotopic (exact) mass is 772 g/mol. The molecule has 0 atom stereocenters. The van der Waals surface area contributed by atoms with E-state index in [1.807, 2.05) is 0 Å². The van der Waals surface area contributed by atoms with Crippen LogP contribution in [-0.2, 0) is 0 Å². The normalized spacial score (nSPS) is 12.2. The smallest absolute Gasteiger partial charge is 0.0887 e. The minimum absolute atomic E-state index is 0.649. The van der Waals surface area contributed by atoms with Crippen molar-refractivity contribution in [1.82, 2.24) is 8.80 Å². The second kappa shape index (κ2) is 12.2. The van der Waals surface area contributed by atoms with Crippen LogP contribution in [0.25, 0.3) is 76.2 Å². The van der Waals surface area contributed by atoms with Crippen LogP contribution in [0.1, 0.15) is 0 Å². The van der Waals surface area contributed by atoms with Gasteiger partial charge < -0.3 is 18.6 Å². The third kappa shape index (κ3) is 4.49. The fourth-order valence-electron chi connectivity index (χ4n) is 9.98. The third-order valence-corrected chi connectivity index (χ3v) is 12.8. The van der Waals surface area contributed by atoms with E-state index in [0.717, 1.165) is 34.1 Å². The summed E-state index contributed by atoms with van der Waals surface area (Å²) in [5.41, 5.74) is 13.2. The van der Waals surface area contributed by atoms with E-state index >= 15 is 0 Å². The molecule has 4 aromatic heterocycles. The Balaban J connectivity index is 1.04. The van der Waals surface area contributed by atoms with Gasteiger partial charge in [-0.2, -0.15) is 0 Å². The lowest BCUT2D eigenvalue weighted by Gasteiger charge is -2.31. The Hall–Kier alpha value is -7.53. The Morgan fingerprint density at radius 2 is 0.644 bits per heavy atom. The van der Waals surface area contributed by atoms with Crippen molar-refractivity contribution >= 4 is 122 Å².